The van der Waals surface area contributed by atoms with Gasteiger partial charge in [-0.05, 0) is 33.1 Å². The second kappa shape index (κ2) is 3.66. The number of nitrogens with two attached hydrogens (primary N) is 1. The number of nitrogens with zero attached hydrogens (tertiary/aromatic N) is 1. The Bertz CT molecular complexity index is 199. The van der Waals surface area contributed by atoms with Crippen LogP contribution in [0.25, 0.3) is 0 Å². The molecule has 1 aliphatic rings. The number of amides is 1. The molecule has 1 saturated carbocycles. The van der Waals surface area contributed by atoms with E-state index < -0.39 is 5.54 Å². The van der Waals surface area contributed by atoms with Gasteiger partial charge in [0.15, 0.2) is 0 Å². The van der Waals surface area contributed by atoms with Gasteiger partial charge < -0.3 is 10.6 Å². The lowest BCUT2D eigenvalue weighted by atomic mass is 10.1. The van der Waals surface area contributed by atoms with Crippen molar-refractivity contribution in [1.82, 2.24) is 4.90 Å². The molecular formula is C10H20N2O. The summed E-state index contributed by atoms with van der Waals surface area (Å²) in [5.41, 5.74) is 5.37. The van der Waals surface area contributed by atoms with E-state index >= 15 is 0 Å². The maximum absolute atomic E-state index is 11.9. The monoisotopic (exact) mass is 184 g/mol. The van der Waals surface area contributed by atoms with E-state index in [1.165, 1.54) is 0 Å². The van der Waals surface area contributed by atoms with Gasteiger partial charge >= 0.3 is 0 Å². The lowest BCUT2D eigenvalue weighted by Gasteiger charge is -2.29. The highest BCUT2D eigenvalue weighted by atomic mass is 16.2. The highest BCUT2D eigenvalue weighted by Gasteiger charge is 2.48. The highest BCUT2D eigenvalue weighted by Crippen LogP contribution is 2.34. The zero-order valence-corrected chi connectivity index (χ0v) is 8.84. The molecule has 3 heteroatoms. The molecule has 0 aromatic heterocycles. The molecule has 0 saturated heterocycles. The van der Waals surface area contributed by atoms with Gasteiger partial charge in [0.2, 0.25) is 5.91 Å². The molecule has 1 rings (SSSR count). The number of carbonyl (C=O) groups excluding carboxylic acids is 1. The molecule has 0 bridgehead atoms. The van der Waals surface area contributed by atoms with Crippen molar-refractivity contribution < 1.29 is 4.79 Å². The van der Waals surface area contributed by atoms with Crippen molar-refractivity contribution >= 4 is 5.91 Å². The van der Waals surface area contributed by atoms with Crippen molar-refractivity contribution in [1.29, 1.82) is 0 Å². The van der Waals surface area contributed by atoms with Crippen molar-refractivity contribution in [3.05, 3.63) is 0 Å². The topological polar surface area (TPSA) is 46.3 Å². The van der Waals surface area contributed by atoms with Crippen molar-refractivity contribution in [2.75, 3.05) is 6.54 Å². The molecule has 3 nitrogen and oxygen atoms in total. The van der Waals surface area contributed by atoms with Gasteiger partial charge in [-0.25, -0.2) is 0 Å². The molecule has 0 aromatic rings. The average molecular weight is 184 g/mol. The third kappa shape index (κ3) is 2.02. The quantitative estimate of drug-likeness (QED) is 0.711. The summed E-state index contributed by atoms with van der Waals surface area (Å²) in [6.45, 7) is 6.95. The molecule has 13 heavy (non-hydrogen) atoms. The van der Waals surface area contributed by atoms with Gasteiger partial charge in [-0.3, -0.25) is 4.79 Å². The van der Waals surface area contributed by atoms with Crippen molar-refractivity contribution in [2.24, 2.45) is 5.73 Å². The lowest BCUT2D eigenvalue weighted by molar-refractivity contribution is -0.135. The van der Waals surface area contributed by atoms with Crippen LogP contribution in [0, 0.1) is 0 Å². The fraction of sp³-hybridized carbons (Fsp3) is 0.900. The van der Waals surface area contributed by atoms with E-state index in [1.807, 2.05) is 11.8 Å². The van der Waals surface area contributed by atoms with Gasteiger partial charge in [-0.2, -0.15) is 0 Å². The number of carbonyl (C=O) groups is 1. The Morgan fingerprint density at radius 3 is 2.38 bits per heavy atom. The Kier molecular flexibility index (Phi) is 2.96. The van der Waals surface area contributed by atoms with Gasteiger partial charge in [0.05, 0.1) is 5.54 Å². The number of rotatable bonds is 4. The largest absolute Gasteiger partial charge is 0.339 e. The van der Waals surface area contributed by atoms with Crippen LogP contribution in [-0.2, 0) is 4.79 Å². The van der Waals surface area contributed by atoms with E-state index in [-0.39, 0.29) is 5.91 Å². The Hall–Kier alpha value is -0.570. The molecule has 0 heterocycles. The van der Waals surface area contributed by atoms with E-state index in [2.05, 4.69) is 13.8 Å². The smallest absolute Gasteiger partial charge is 0.242 e. The van der Waals surface area contributed by atoms with Gasteiger partial charge in [-0.15, -0.1) is 0 Å². The minimum absolute atomic E-state index is 0.143. The molecular weight excluding hydrogens is 164 g/mol. The third-order valence-corrected chi connectivity index (χ3v) is 2.94. The van der Waals surface area contributed by atoms with E-state index in [0.717, 1.165) is 25.8 Å². The zero-order chi connectivity index (χ0) is 10.1. The van der Waals surface area contributed by atoms with Gasteiger partial charge in [0.1, 0.15) is 0 Å². The van der Waals surface area contributed by atoms with Crippen molar-refractivity contribution in [2.45, 2.75) is 51.6 Å². The molecule has 0 radical (unpaired) electrons. The van der Waals surface area contributed by atoms with Crippen LogP contribution in [-0.4, -0.2) is 28.9 Å². The first-order valence-corrected chi connectivity index (χ1v) is 5.15. The minimum atomic E-state index is -0.501. The molecule has 0 spiro atoms. The first-order valence-electron chi connectivity index (χ1n) is 5.15. The standard InChI is InChI=1S/C10H20N2O/c1-4-8(3)12(5-2)9(13)10(11)6-7-10/h8H,4-7,11H2,1-3H3. The predicted molar refractivity (Wildman–Crippen MR) is 53.3 cm³/mol. The zero-order valence-electron chi connectivity index (χ0n) is 8.84. The van der Waals surface area contributed by atoms with Crippen molar-refractivity contribution in [3.63, 3.8) is 0 Å². The van der Waals surface area contributed by atoms with E-state index in [4.69, 9.17) is 5.73 Å². The van der Waals surface area contributed by atoms with Gasteiger partial charge in [0.25, 0.3) is 0 Å². The maximum atomic E-state index is 11.9. The van der Waals surface area contributed by atoms with Crippen LogP contribution >= 0.6 is 0 Å². The molecule has 1 aliphatic carbocycles. The summed E-state index contributed by atoms with van der Waals surface area (Å²) in [6.07, 6.45) is 2.72. The van der Waals surface area contributed by atoms with Gasteiger partial charge in [-0.1, -0.05) is 6.92 Å². The van der Waals surface area contributed by atoms with Crippen LogP contribution < -0.4 is 5.73 Å². The number of likely N-dealkylation sites (N-methyl/N-ethyl adjacent to an activating group) is 1. The van der Waals surface area contributed by atoms with Crippen LogP contribution in [0.3, 0.4) is 0 Å². The number of hydrogen-bond acceptors (Lipinski definition) is 2. The molecule has 1 atom stereocenters. The Balaban J connectivity index is 2.60. The summed E-state index contributed by atoms with van der Waals surface area (Å²) in [5, 5.41) is 0. The molecule has 0 aliphatic heterocycles. The second-order valence-corrected chi connectivity index (χ2v) is 4.00. The summed E-state index contributed by atoms with van der Waals surface area (Å²) in [6, 6.07) is 0.318. The molecule has 0 aromatic carbocycles. The lowest BCUT2D eigenvalue weighted by Crippen LogP contribution is -2.49. The third-order valence-electron chi connectivity index (χ3n) is 2.94. The van der Waals surface area contributed by atoms with E-state index in [0.29, 0.717) is 6.04 Å². The van der Waals surface area contributed by atoms with Crippen molar-refractivity contribution in [3.8, 4) is 0 Å². The Labute approximate surface area is 80.3 Å². The first-order chi connectivity index (χ1) is 6.05. The summed E-state index contributed by atoms with van der Waals surface area (Å²) < 4.78 is 0. The molecule has 1 amide bonds. The fourth-order valence-corrected chi connectivity index (χ4v) is 1.51. The predicted octanol–water partition coefficient (Wildman–Crippen LogP) is 1.12. The highest BCUT2D eigenvalue weighted by molar-refractivity contribution is 5.89. The fourth-order valence-electron chi connectivity index (χ4n) is 1.51. The average Bonchev–Trinajstić information content (AvgIpc) is 2.85. The SMILES string of the molecule is CCC(C)N(CC)C(=O)C1(N)CC1. The van der Waals surface area contributed by atoms with Crippen LogP contribution in [0.1, 0.15) is 40.0 Å². The van der Waals surface area contributed by atoms with Crippen LogP contribution in [0.2, 0.25) is 0 Å². The Morgan fingerprint density at radius 2 is 2.08 bits per heavy atom. The van der Waals surface area contributed by atoms with Crippen LogP contribution in [0.4, 0.5) is 0 Å². The first kappa shape index (κ1) is 10.5. The minimum Gasteiger partial charge on any atom is -0.339 e. The molecule has 1 unspecified atom stereocenters. The van der Waals surface area contributed by atoms with E-state index in [9.17, 15) is 4.79 Å². The van der Waals surface area contributed by atoms with Crippen LogP contribution in [0.5, 0.6) is 0 Å². The molecule has 76 valence electrons. The van der Waals surface area contributed by atoms with E-state index in [1.54, 1.807) is 0 Å². The maximum Gasteiger partial charge on any atom is 0.242 e. The summed E-state index contributed by atoms with van der Waals surface area (Å²) >= 11 is 0. The van der Waals surface area contributed by atoms with Crippen LogP contribution in [0.15, 0.2) is 0 Å². The molecule has 2 N–H and O–H groups in total. The summed E-state index contributed by atoms with van der Waals surface area (Å²) in [7, 11) is 0. The molecule has 1 fully saturated rings. The summed E-state index contributed by atoms with van der Waals surface area (Å²) in [4.78, 5) is 13.8. The second-order valence-electron chi connectivity index (χ2n) is 4.00. The summed E-state index contributed by atoms with van der Waals surface area (Å²) in [5.74, 6) is 0.143. The number of hydrogen-bond donors (Lipinski definition) is 1. The van der Waals surface area contributed by atoms with Gasteiger partial charge in [0, 0.05) is 12.6 Å². The normalized spacial score (nSPS) is 20.9. The Morgan fingerprint density at radius 1 is 1.54 bits per heavy atom.